The van der Waals surface area contributed by atoms with Crippen molar-refractivity contribution in [1.82, 2.24) is 9.97 Å². The molecule has 278 valence electrons. The summed E-state index contributed by atoms with van der Waals surface area (Å²) >= 11 is 0. The van der Waals surface area contributed by atoms with Gasteiger partial charge in [-0.15, -0.1) is 0 Å². The molecule has 0 bridgehead atoms. The molecule has 0 spiro atoms. The highest BCUT2D eigenvalue weighted by atomic mass is 14.9. The average molecular weight is 753 g/mol. The van der Waals surface area contributed by atoms with Crippen LogP contribution in [-0.4, -0.2) is 9.97 Å². The minimum Gasteiger partial charge on any atom is -0.228 e. The molecule has 59 heavy (non-hydrogen) atoms. The Morgan fingerprint density at radius 3 is 1.63 bits per heavy atom. The second kappa shape index (κ2) is 13.9. The van der Waals surface area contributed by atoms with Crippen LogP contribution in [0.5, 0.6) is 0 Å². The summed E-state index contributed by atoms with van der Waals surface area (Å²) in [6.07, 6.45) is 0. The maximum absolute atomic E-state index is 5.32. The lowest BCUT2D eigenvalue weighted by atomic mass is 9.80. The predicted octanol–water partition coefficient (Wildman–Crippen LogP) is 15.1. The van der Waals surface area contributed by atoms with E-state index in [0.29, 0.717) is 5.82 Å². The molecule has 1 aliphatic carbocycles. The Hall–Kier alpha value is -7.42. The monoisotopic (exact) mass is 752 g/mol. The lowest BCUT2D eigenvalue weighted by Crippen LogP contribution is -2.15. The highest BCUT2D eigenvalue weighted by Gasteiger charge is 2.38. The van der Waals surface area contributed by atoms with E-state index in [0.717, 1.165) is 33.5 Å². The summed E-state index contributed by atoms with van der Waals surface area (Å²) < 4.78 is 0. The molecule has 0 fully saturated rings. The van der Waals surface area contributed by atoms with E-state index in [1.54, 1.807) is 0 Å². The Kier molecular flexibility index (Phi) is 8.20. The quantitative estimate of drug-likeness (QED) is 0.169. The highest BCUT2D eigenvalue weighted by Crippen LogP contribution is 2.55. The molecule has 1 aliphatic rings. The lowest BCUT2D eigenvalue weighted by Gasteiger charge is -2.23. The van der Waals surface area contributed by atoms with Crippen LogP contribution in [0.15, 0.2) is 206 Å². The van der Waals surface area contributed by atoms with Crippen molar-refractivity contribution in [3.8, 4) is 78.4 Å². The molecule has 9 aromatic carbocycles. The lowest BCUT2D eigenvalue weighted by molar-refractivity contribution is 0.666. The maximum Gasteiger partial charge on any atom is 0.160 e. The first kappa shape index (κ1) is 34.8. The zero-order valence-corrected chi connectivity index (χ0v) is 33.0. The van der Waals surface area contributed by atoms with E-state index in [-0.39, 0.29) is 5.41 Å². The van der Waals surface area contributed by atoms with Crippen molar-refractivity contribution in [3.05, 3.63) is 217 Å². The molecule has 10 aromatic rings. The van der Waals surface area contributed by atoms with E-state index >= 15 is 0 Å². The fourth-order valence-electron chi connectivity index (χ4n) is 9.51. The molecule has 0 saturated carbocycles. The molecule has 1 aromatic heterocycles. The van der Waals surface area contributed by atoms with Gasteiger partial charge in [-0.2, -0.15) is 0 Å². The van der Waals surface area contributed by atoms with Gasteiger partial charge in [0.15, 0.2) is 5.82 Å². The van der Waals surface area contributed by atoms with Gasteiger partial charge in [0.2, 0.25) is 0 Å². The Balaban J connectivity index is 1.10. The van der Waals surface area contributed by atoms with Crippen LogP contribution in [0.4, 0.5) is 0 Å². The van der Waals surface area contributed by atoms with Gasteiger partial charge in [0.1, 0.15) is 0 Å². The Labute approximate surface area is 345 Å². The van der Waals surface area contributed by atoms with Gasteiger partial charge in [-0.05, 0) is 89.3 Å². The summed E-state index contributed by atoms with van der Waals surface area (Å²) in [5.41, 5.74) is 17.4. The highest BCUT2D eigenvalue weighted by molar-refractivity contribution is 6.09. The van der Waals surface area contributed by atoms with Gasteiger partial charge in [-0.25, -0.2) is 9.97 Å². The molecule has 0 amide bonds. The number of rotatable bonds is 6. The third-order valence-electron chi connectivity index (χ3n) is 12.3. The first-order chi connectivity index (χ1) is 29.0. The van der Waals surface area contributed by atoms with Gasteiger partial charge >= 0.3 is 0 Å². The first-order valence-electron chi connectivity index (χ1n) is 20.4. The fourth-order valence-corrected chi connectivity index (χ4v) is 9.51. The van der Waals surface area contributed by atoms with E-state index in [1.165, 1.54) is 71.8 Å². The molecule has 1 heterocycles. The molecule has 0 radical (unpaired) electrons. The molecule has 0 saturated heterocycles. The Morgan fingerprint density at radius 1 is 0.339 bits per heavy atom. The number of benzene rings is 9. The molecular formula is C57H40N2. The van der Waals surface area contributed by atoms with Crippen LogP contribution in [0.1, 0.15) is 25.0 Å². The van der Waals surface area contributed by atoms with Crippen LogP contribution in [0.3, 0.4) is 0 Å². The van der Waals surface area contributed by atoms with Crippen molar-refractivity contribution in [3.63, 3.8) is 0 Å². The maximum atomic E-state index is 5.32. The Morgan fingerprint density at radius 2 is 0.898 bits per heavy atom. The molecule has 2 nitrogen and oxygen atoms in total. The third-order valence-corrected chi connectivity index (χ3v) is 12.3. The van der Waals surface area contributed by atoms with E-state index in [2.05, 4.69) is 214 Å². The SMILES string of the molecule is CC1(C)c2cccc(-c3ccc(-c4cc(-c5ccc(-c6ccccc6)c(-c6ccccc6)c5)nc(-c5ccccc5)n4)c4ccccc34)c2-c2ccc3ccccc3c21. The number of nitrogens with zero attached hydrogens (tertiary/aromatic N) is 2. The van der Waals surface area contributed by atoms with Crippen LogP contribution in [-0.2, 0) is 5.41 Å². The normalized spacial score (nSPS) is 12.7. The topological polar surface area (TPSA) is 25.8 Å². The largest absolute Gasteiger partial charge is 0.228 e. The van der Waals surface area contributed by atoms with Crippen LogP contribution in [0.25, 0.3) is 100.0 Å². The van der Waals surface area contributed by atoms with Crippen molar-refractivity contribution in [1.29, 1.82) is 0 Å². The minimum atomic E-state index is -0.137. The van der Waals surface area contributed by atoms with Crippen LogP contribution >= 0.6 is 0 Å². The summed E-state index contributed by atoms with van der Waals surface area (Å²) in [5, 5.41) is 4.97. The number of aromatic nitrogens is 2. The van der Waals surface area contributed by atoms with Crippen molar-refractivity contribution < 1.29 is 0 Å². The second-order valence-corrected chi connectivity index (χ2v) is 16.1. The molecule has 2 heteroatoms. The molecule has 11 rings (SSSR count). The summed E-state index contributed by atoms with van der Waals surface area (Å²) in [7, 11) is 0. The van der Waals surface area contributed by atoms with Crippen molar-refractivity contribution in [2.45, 2.75) is 19.3 Å². The van der Waals surface area contributed by atoms with Crippen LogP contribution < -0.4 is 0 Å². The van der Waals surface area contributed by atoms with Crippen LogP contribution in [0, 0.1) is 0 Å². The van der Waals surface area contributed by atoms with Gasteiger partial charge in [-0.1, -0.05) is 208 Å². The summed E-state index contributed by atoms with van der Waals surface area (Å²) in [6.45, 7) is 4.76. The zero-order valence-electron chi connectivity index (χ0n) is 33.0. The second-order valence-electron chi connectivity index (χ2n) is 16.1. The molecule has 0 unspecified atom stereocenters. The summed E-state index contributed by atoms with van der Waals surface area (Å²) in [4.78, 5) is 10.6. The van der Waals surface area contributed by atoms with Crippen LogP contribution in [0.2, 0.25) is 0 Å². The van der Waals surface area contributed by atoms with E-state index in [9.17, 15) is 0 Å². The average Bonchev–Trinajstić information content (AvgIpc) is 3.55. The van der Waals surface area contributed by atoms with E-state index < -0.39 is 0 Å². The molecule has 0 atom stereocenters. The molecule has 0 N–H and O–H groups in total. The number of fused-ring (bicyclic) bond motifs is 6. The minimum absolute atomic E-state index is 0.137. The van der Waals surface area contributed by atoms with Gasteiger partial charge in [0, 0.05) is 22.1 Å². The fraction of sp³-hybridized carbons (Fsp3) is 0.0526. The van der Waals surface area contributed by atoms with Crippen molar-refractivity contribution in [2.75, 3.05) is 0 Å². The van der Waals surface area contributed by atoms with Gasteiger partial charge in [0.05, 0.1) is 11.4 Å². The number of hydrogen-bond acceptors (Lipinski definition) is 2. The third kappa shape index (κ3) is 5.79. The summed E-state index contributed by atoms with van der Waals surface area (Å²) in [5.74, 6) is 0.701. The molecule has 0 aliphatic heterocycles. The van der Waals surface area contributed by atoms with E-state index in [1.807, 2.05) is 6.07 Å². The van der Waals surface area contributed by atoms with Gasteiger partial charge in [0.25, 0.3) is 0 Å². The zero-order chi connectivity index (χ0) is 39.5. The van der Waals surface area contributed by atoms with E-state index in [4.69, 9.17) is 9.97 Å². The predicted molar refractivity (Wildman–Crippen MR) is 247 cm³/mol. The standard InChI is InChI=1S/C57H40N2/c1-57(2)51-28-16-27-48(54(51)49-32-29-39-21-12-13-24-43(39)55(49)57)46-33-34-47(45-26-15-14-25-44(45)46)53-36-52(58-56(59-53)40-22-10-5-11-23-40)41-30-31-42(37-17-6-3-7-18-37)50(35-41)38-19-8-4-9-20-38/h3-36H,1-2H3. The first-order valence-corrected chi connectivity index (χ1v) is 20.4. The van der Waals surface area contributed by atoms with Crippen molar-refractivity contribution >= 4 is 21.5 Å². The summed E-state index contributed by atoms with van der Waals surface area (Å²) in [6, 6.07) is 74.2. The van der Waals surface area contributed by atoms with Gasteiger partial charge in [-0.3, -0.25) is 0 Å². The Bertz CT molecular complexity index is 3220. The van der Waals surface area contributed by atoms with Crippen molar-refractivity contribution in [2.24, 2.45) is 0 Å². The molecular weight excluding hydrogens is 713 g/mol. The number of hydrogen-bond donors (Lipinski definition) is 0. The van der Waals surface area contributed by atoms with Gasteiger partial charge < -0.3 is 0 Å². The smallest absolute Gasteiger partial charge is 0.160 e.